The van der Waals surface area contributed by atoms with Crippen molar-refractivity contribution in [1.82, 2.24) is 14.4 Å². The van der Waals surface area contributed by atoms with Crippen molar-refractivity contribution in [1.29, 1.82) is 0 Å². The Morgan fingerprint density at radius 1 is 1.00 bits per heavy atom. The number of amides is 2. The second kappa shape index (κ2) is 9.71. The molecule has 1 aliphatic rings. The van der Waals surface area contributed by atoms with Gasteiger partial charge in [-0.05, 0) is 49.6 Å². The van der Waals surface area contributed by atoms with Crippen LogP contribution in [0.1, 0.15) is 33.3 Å². The largest absolute Gasteiger partial charge is 0.336 e. The third-order valence-corrected chi connectivity index (χ3v) is 7.34. The number of anilines is 1. The molecule has 1 aliphatic heterocycles. The lowest BCUT2D eigenvalue weighted by Crippen LogP contribution is -2.50. The minimum Gasteiger partial charge on any atom is -0.336 e. The fourth-order valence-electron chi connectivity index (χ4n) is 4.12. The lowest BCUT2D eigenvalue weighted by atomic mass is 10.1. The normalized spacial score (nSPS) is 14.5. The average Bonchev–Trinajstić information content (AvgIpc) is 3.43. The number of hydrogen-bond donors (Lipinski definition) is 1. The van der Waals surface area contributed by atoms with Crippen molar-refractivity contribution in [2.24, 2.45) is 0 Å². The van der Waals surface area contributed by atoms with Crippen molar-refractivity contribution in [2.75, 3.05) is 38.0 Å². The average molecular weight is 451 g/mol. The Hall–Kier alpha value is -2.90. The van der Waals surface area contributed by atoms with Gasteiger partial charge in [-0.25, -0.2) is 0 Å². The van der Waals surface area contributed by atoms with E-state index in [-0.39, 0.29) is 11.8 Å². The number of aromatic nitrogens is 1. The first-order chi connectivity index (χ1) is 15.5. The van der Waals surface area contributed by atoms with Gasteiger partial charge in [0, 0.05) is 49.1 Å². The van der Waals surface area contributed by atoms with E-state index in [9.17, 15) is 9.59 Å². The van der Waals surface area contributed by atoms with Gasteiger partial charge in [0.25, 0.3) is 5.91 Å². The summed E-state index contributed by atoms with van der Waals surface area (Å²) in [5, 5.41) is 4.02. The number of carbonyl (C=O) groups excluding carboxylic acids is 2. The van der Waals surface area contributed by atoms with Crippen LogP contribution in [0, 0.1) is 13.8 Å². The van der Waals surface area contributed by atoms with E-state index in [4.69, 9.17) is 0 Å². The summed E-state index contributed by atoms with van der Waals surface area (Å²) in [4.78, 5) is 31.2. The van der Waals surface area contributed by atoms with Gasteiger partial charge in [-0.2, -0.15) is 0 Å². The van der Waals surface area contributed by atoms with Gasteiger partial charge in [0.05, 0.1) is 12.1 Å². The van der Waals surface area contributed by atoms with E-state index < -0.39 is 0 Å². The molecule has 7 heteroatoms. The van der Waals surface area contributed by atoms with Gasteiger partial charge in [0.2, 0.25) is 5.91 Å². The van der Waals surface area contributed by atoms with Crippen molar-refractivity contribution in [3.8, 4) is 5.00 Å². The number of piperazine rings is 1. The van der Waals surface area contributed by atoms with Crippen molar-refractivity contribution < 1.29 is 9.59 Å². The van der Waals surface area contributed by atoms with Crippen LogP contribution in [0.25, 0.3) is 5.00 Å². The summed E-state index contributed by atoms with van der Waals surface area (Å²) in [6.45, 7) is 9.14. The summed E-state index contributed by atoms with van der Waals surface area (Å²) in [5.41, 5.74) is 3.87. The molecule has 3 heterocycles. The zero-order valence-corrected chi connectivity index (χ0v) is 19.7. The van der Waals surface area contributed by atoms with Crippen molar-refractivity contribution in [3.63, 3.8) is 0 Å². The molecule has 1 aromatic carbocycles. The Morgan fingerprint density at radius 3 is 2.38 bits per heavy atom. The Morgan fingerprint density at radius 2 is 1.69 bits per heavy atom. The second-order valence-electron chi connectivity index (χ2n) is 8.18. The predicted octanol–water partition coefficient (Wildman–Crippen LogP) is 4.11. The lowest BCUT2D eigenvalue weighted by molar-refractivity contribution is -0.117. The minimum atomic E-state index is -0.00938. The van der Waals surface area contributed by atoms with E-state index in [1.807, 2.05) is 65.2 Å². The van der Waals surface area contributed by atoms with Gasteiger partial charge < -0.3 is 14.8 Å². The zero-order chi connectivity index (χ0) is 22.7. The van der Waals surface area contributed by atoms with Crippen LogP contribution in [0.15, 0.2) is 48.8 Å². The molecule has 0 spiro atoms. The third-order valence-electron chi connectivity index (χ3n) is 6.12. The van der Waals surface area contributed by atoms with E-state index in [2.05, 4.69) is 24.1 Å². The van der Waals surface area contributed by atoms with Crippen molar-refractivity contribution in [3.05, 3.63) is 70.4 Å². The molecule has 0 atom stereocenters. The zero-order valence-electron chi connectivity index (χ0n) is 18.9. The molecule has 0 saturated carbocycles. The van der Waals surface area contributed by atoms with Crippen molar-refractivity contribution in [2.45, 2.75) is 27.2 Å². The van der Waals surface area contributed by atoms with Crippen LogP contribution in [0.3, 0.4) is 0 Å². The molecule has 3 aromatic rings. The Labute approximate surface area is 193 Å². The van der Waals surface area contributed by atoms with Crippen LogP contribution in [0.2, 0.25) is 0 Å². The molecule has 0 aliphatic carbocycles. The molecule has 1 N–H and O–H groups in total. The predicted molar refractivity (Wildman–Crippen MR) is 130 cm³/mol. The third kappa shape index (κ3) is 4.64. The summed E-state index contributed by atoms with van der Waals surface area (Å²) in [6.07, 6.45) is 4.84. The number of thiophene rings is 1. The molecule has 2 amide bonds. The number of carbonyl (C=O) groups is 2. The maximum absolute atomic E-state index is 13.4. The first-order valence-electron chi connectivity index (χ1n) is 11.1. The van der Waals surface area contributed by atoms with E-state index in [1.165, 1.54) is 4.88 Å². The van der Waals surface area contributed by atoms with Crippen molar-refractivity contribution >= 4 is 28.8 Å². The minimum absolute atomic E-state index is 0.00938. The highest BCUT2D eigenvalue weighted by molar-refractivity contribution is 7.15. The van der Waals surface area contributed by atoms with Crippen LogP contribution in [0.5, 0.6) is 0 Å². The second-order valence-corrected chi connectivity index (χ2v) is 9.38. The first kappa shape index (κ1) is 22.3. The number of hydrogen-bond acceptors (Lipinski definition) is 4. The summed E-state index contributed by atoms with van der Waals surface area (Å²) in [7, 11) is 0. The molecule has 32 heavy (non-hydrogen) atoms. The molecule has 0 radical (unpaired) electrons. The van der Waals surface area contributed by atoms with Crippen LogP contribution in [0.4, 0.5) is 5.69 Å². The Kier molecular flexibility index (Phi) is 6.77. The molecule has 4 rings (SSSR count). The highest BCUT2D eigenvalue weighted by Gasteiger charge is 2.28. The number of para-hydroxylation sites is 1. The molecular weight excluding hydrogens is 420 g/mol. The number of benzene rings is 1. The monoisotopic (exact) mass is 450 g/mol. The Bertz CT molecular complexity index is 1100. The van der Waals surface area contributed by atoms with Crippen LogP contribution >= 0.6 is 11.3 Å². The first-order valence-corrected chi connectivity index (χ1v) is 11.9. The molecule has 1 fully saturated rings. The molecule has 6 nitrogen and oxygen atoms in total. The molecule has 0 bridgehead atoms. The topological polar surface area (TPSA) is 57.6 Å². The van der Waals surface area contributed by atoms with E-state index >= 15 is 0 Å². The highest BCUT2D eigenvalue weighted by atomic mass is 32.1. The van der Waals surface area contributed by atoms with Gasteiger partial charge in [-0.1, -0.05) is 25.1 Å². The quantitative estimate of drug-likeness (QED) is 0.615. The van der Waals surface area contributed by atoms with Gasteiger partial charge >= 0.3 is 0 Å². The summed E-state index contributed by atoms with van der Waals surface area (Å²) in [6, 6.07) is 11.9. The van der Waals surface area contributed by atoms with Gasteiger partial charge in [0.15, 0.2) is 0 Å². The molecule has 0 unspecified atom stereocenters. The number of nitrogens with zero attached hydrogens (tertiary/aromatic N) is 3. The lowest BCUT2D eigenvalue weighted by Gasteiger charge is -2.34. The summed E-state index contributed by atoms with van der Waals surface area (Å²) >= 11 is 1.66. The van der Waals surface area contributed by atoms with Gasteiger partial charge in [-0.3, -0.25) is 14.5 Å². The van der Waals surface area contributed by atoms with Crippen LogP contribution in [-0.4, -0.2) is 58.9 Å². The van der Waals surface area contributed by atoms with E-state index in [0.29, 0.717) is 32.7 Å². The number of rotatable bonds is 6. The fourth-order valence-corrected chi connectivity index (χ4v) is 5.24. The molecular formula is C25H30N4O2S. The SMILES string of the molecule is CCc1ccccc1NC(=O)CN1CCN(C(=O)c2c(-n3cccc3)sc(C)c2C)CC1. The highest BCUT2D eigenvalue weighted by Crippen LogP contribution is 2.32. The summed E-state index contributed by atoms with van der Waals surface area (Å²) < 4.78 is 2.02. The van der Waals surface area contributed by atoms with E-state index in [0.717, 1.165) is 33.8 Å². The van der Waals surface area contributed by atoms with Crippen LogP contribution < -0.4 is 5.32 Å². The Balaban J connectivity index is 1.37. The van der Waals surface area contributed by atoms with Gasteiger partial charge in [-0.15, -0.1) is 11.3 Å². The van der Waals surface area contributed by atoms with E-state index in [1.54, 1.807) is 11.3 Å². The van der Waals surface area contributed by atoms with Crippen LogP contribution in [-0.2, 0) is 11.2 Å². The van der Waals surface area contributed by atoms with Gasteiger partial charge in [0.1, 0.15) is 5.00 Å². The number of aryl methyl sites for hydroxylation is 2. The molecule has 1 saturated heterocycles. The smallest absolute Gasteiger partial charge is 0.257 e. The summed E-state index contributed by atoms with van der Waals surface area (Å²) in [5.74, 6) is 0.0707. The molecule has 168 valence electrons. The number of nitrogens with one attached hydrogen (secondary N) is 1. The maximum atomic E-state index is 13.4. The molecule has 2 aromatic heterocycles. The maximum Gasteiger partial charge on any atom is 0.257 e. The standard InChI is InChI=1S/C25H30N4O2S/c1-4-20-9-5-6-10-21(20)26-22(30)17-27-13-15-28(16-14-27)24(31)23-18(2)19(3)32-25(23)29-11-7-8-12-29/h5-12H,4,13-17H2,1-3H3,(H,26,30). The fraction of sp³-hybridized carbons (Fsp3) is 0.360.